The first kappa shape index (κ1) is 17.6. The van der Waals surface area contributed by atoms with Crippen LogP contribution < -0.4 is 10.2 Å². The minimum Gasteiger partial charge on any atom is -0.364 e. The monoisotopic (exact) mass is 361 g/mol. The Morgan fingerprint density at radius 2 is 2.16 bits per heavy atom. The van der Waals surface area contributed by atoms with Crippen molar-refractivity contribution in [3.63, 3.8) is 0 Å². The quantitative estimate of drug-likeness (QED) is 0.839. The number of hydrogen-bond acceptors (Lipinski definition) is 7. The molecule has 25 heavy (non-hydrogen) atoms. The molecule has 0 bridgehead atoms. The van der Waals surface area contributed by atoms with Crippen LogP contribution in [0.4, 0.5) is 11.8 Å². The molecule has 3 heterocycles. The van der Waals surface area contributed by atoms with E-state index in [9.17, 15) is 8.42 Å². The van der Waals surface area contributed by atoms with Gasteiger partial charge in [0.05, 0.1) is 23.7 Å². The summed E-state index contributed by atoms with van der Waals surface area (Å²) >= 11 is 0. The minimum atomic E-state index is -2.95. The molecule has 1 aliphatic rings. The summed E-state index contributed by atoms with van der Waals surface area (Å²) < 4.78 is 23.6. The Kier molecular flexibility index (Phi) is 5.17. The third-order valence-corrected chi connectivity index (χ3v) is 6.02. The Hall–Kier alpha value is -2.22. The van der Waals surface area contributed by atoms with E-state index in [2.05, 4.69) is 20.3 Å². The average Bonchev–Trinajstić information content (AvgIpc) is 2.94. The number of sulfone groups is 1. The smallest absolute Gasteiger partial charge is 0.227 e. The minimum absolute atomic E-state index is 0.0551. The second-order valence-corrected chi connectivity index (χ2v) is 8.44. The van der Waals surface area contributed by atoms with E-state index in [1.807, 2.05) is 43.0 Å². The summed E-state index contributed by atoms with van der Waals surface area (Å²) in [6.07, 6.45) is 2.39. The summed E-state index contributed by atoms with van der Waals surface area (Å²) in [5.41, 5.74) is 1.77. The van der Waals surface area contributed by atoms with E-state index < -0.39 is 9.84 Å². The summed E-state index contributed by atoms with van der Waals surface area (Å²) in [4.78, 5) is 15.4. The highest BCUT2D eigenvalue weighted by molar-refractivity contribution is 7.91. The predicted octanol–water partition coefficient (Wildman–Crippen LogP) is 1.81. The molecule has 0 spiro atoms. The molecule has 0 aliphatic carbocycles. The molecule has 1 fully saturated rings. The lowest BCUT2D eigenvalue weighted by molar-refractivity contribution is 0.599. The SMILES string of the molecule is CCN(c1nc(C)cc(NCc2ccccn2)n1)C1CCS(=O)(=O)C1. The standard InChI is InChI=1S/C17H23N5O2S/c1-3-22(15-7-9-25(23,24)12-15)17-20-13(2)10-16(21-17)19-11-14-6-4-5-8-18-14/h4-6,8,10,15H,3,7,9,11-12H2,1-2H3,(H,19,20,21). The van der Waals surface area contributed by atoms with E-state index in [1.54, 1.807) is 6.20 Å². The summed E-state index contributed by atoms with van der Waals surface area (Å²) in [6.45, 7) is 5.15. The van der Waals surface area contributed by atoms with Gasteiger partial charge in [0.1, 0.15) is 5.82 Å². The zero-order valence-electron chi connectivity index (χ0n) is 14.5. The zero-order chi connectivity index (χ0) is 17.9. The Bertz CT molecular complexity index is 826. The molecular formula is C17H23N5O2S. The predicted molar refractivity (Wildman–Crippen MR) is 98.4 cm³/mol. The molecule has 0 amide bonds. The van der Waals surface area contributed by atoms with Gasteiger partial charge in [0, 0.05) is 30.5 Å². The van der Waals surface area contributed by atoms with Gasteiger partial charge < -0.3 is 10.2 Å². The van der Waals surface area contributed by atoms with Crippen LogP contribution in [-0.2, 0) is 16.4 Å². The summed E-state index contributed by atoms with van der Waals surface area (Å²) in [6, 6.07) is 7.60. The number of hydrogen-bond donors (Lipinski definition) is 1. The van der Waals surface area contributed by atoms with Gasteiger partial charge in [-0.1, -0.05) is 6.07 Å². The fraction of sp³-hybridized carbons (Fsp3) is 0.471. The van der Waals surface area contributed by atoms with Gasteiger partial charge in [-0.2, -0.15) is 4.98 Å². The lowest BCUT2D eigenvalue weighted by Gasteiger charge is -2.27. The van der Waals surface area contributed by atoms with Gasteiger partial charge in [0.25, 0.3) is 0 Å². The molecule has 8 heteroatoms. The van der Waals surface area contributed by atoms with Crippen LogP contribution in [0.3, 0.4) is 0 Å². The number of anilines is 2. The number of nitrogens with one attached hydrogen (secondary N) is 1. The van der Waals surface area contributed by atoms with Crippen LogP contribution in [0.1, 0.15) is 24.7 Å². The van der Waals surface area contributed by atoms with Gasteiger partial charge in [-0.05, 0) is 32.4 Å². The molecule has 2 aromatic heterocycles. The van der Waals surface area contributed by atoms with Crippen LogP contribution in [0, 0.1) is 6.92 Å². The van der Waals surface area contributed by atoms with Crippen LogP contribution in [0.25, 0.3) is 0 Å². The van der Waals surface area contributed by atoms with Gasteiger partial charge in [-0.15, -0.1) is 0 Å². The fourth-order valence-electron chi connectivity index (χ4n) is 3.04. The maximum absolute atomic E-state index is 11.8. The molecule has 1 atom stereocenters. The van der Waals surface area contributed by atoms with Crippen molar-refractivity contribution < 1.29 is 8.42 Å². The second-order valence-electron chi connectivity index (χ2n) is 6.21. The molecule has 3 rings (SSSR count). The first-order valence-corrected chi connectivity index (χ1v) is 10.3. The lowest BCUT2D eigenvalue weighted by Crippen LogP contribution is -2.37. The lowest BCUT2D eigenvalue weighted by atomic mass is 10.2. The van der Waals surface area contributed by atoms with Gasteiger partial charge in [0.15, 0.2) is 9.84 Å². The first-order valence-electron chi connectivity index (χ1n) is 8.43. The number of nitrogens with zero attached hydrogens (tertiary/aromatic N) is 4. The van der Waals surface area contributed by atoms with Crippen LogP contribution in [-0.4, -0.2) is 47.5 Å². The van der Waals surface area contributed by atoms with Crippen LogP contribution in [0.15, 0.2) is 30.5 Å². The van der Waals surface area contributed by atoms with Gasteiger partial charge in [-0.3, -0.25) is 4.98 Å². The largest absolute Gasteiger partial charge is 0.364 e. The Morgan fingerprint density at radius 3 is 2.80 bits per heavy atom. The Balaban J connectivity index is 1.78. The van der Waals surface area contributed by atoms with Crippen molar-refractivity contribution in [2.24, 2.45) is 0 Å². The number of aryl methyl sites for hydroxylation is 1. The highest BCUT2D eigenvalue weighted by Gasteiger charge is 2.33. The van der Waals surface area contributed by atoms with E-state index in [0.717, 1.165) is 11.4 Å². The summed E-state index contributed by atoms with van der Waals surface area (Å²) in [7, 11) is -2.95. The van der Waals surface area contributed by atoms with Crippen LogP contribution in [0.5, 0.6) is 0 Å². The third-order valence-electron chi connectivity index (χ3n) is 4.27. The Labute approximate surface area is 148 Å². The zero-order valence-corrected chi connectivity index (χ0v) is 15.3. The number of rotatable bonds is 6. The van der Waals surface area contributed by atoms with Crippen molar-refractivity contribution in [3.8, 4) is 0 Å². The summed E-state index contributed by atoms with van der Waals surface area (Å²) in [5.74, 6) is 1.71. The fourth-order valence-corrected chi connectivity index (χ4v) is 4.77. The maximum Gasteiger partial charge on any atom is 0.227 e. The van der Waals surface area contributed by atoms with Gasteiger partial charge in [0.2, 0.25) is 5.95 Å². The molecular weight excluding hydrogens is 338 g/mol. The van der Waals surface area contributed by atoms with E-state index in [0.29, 0.717) is 31.3 Å². The van der Waals surface area contributed by atoms with Crippen molar-refractivity contribution in [1.82, 2.24) is 15.0 Å². The molecule has 0 saturated carbocycles. The van der Waals surface area contributed by atoms with E-state index in [1.165, 1.54) is 0 Å². The van der Waals surface area contributed by atoms with E-state index in [-0.39, 0.29) is 17.5 Å². The molecule has 1 aliphatic heterocycles. The third kappa shape index (κ3) is 4.45. The highest BCUT2D eigenvalue weighted by Crippen LogP contribution is 2.23. The van der Waals surface area contributed by atoms with Crippen molar-refractivity contribution in [2.75, 3.05) is 28.3 Å². The molecule has 7 nitrogen and oxygen atoms in total. The van der Waals surface area contributed by atoms with Crippen LogP contribution in [0.2, 0.25) is 0 Å². The molecule has 0 aromatic carbocycles. The summed E-state index contributed by atoms with van der Waals surface area (Å²) in [5, 5.41) is 3.27. The topological polar surface area (TPSA) is 88.1 Å². The second kappa shape index (κ2) is 7.35. The number of pyridine rings is 1. The normalized spacial score (nSPS) is 18.9. The molecule has 134 valence electrons. The van der Waals surface area contributed by atoms with Gasteiger partial charge >= 0.3 is 0 Å². The maximum atomic E-state index is 11.8. The van der Waals surface area contributed by atoms with Crippen LogP contribution >= 0.6 is 0 Å². The molecule has 2 aromatic rings. The molecule has 1 unspecified atom stereocenters. The van der Waals surface area contributed by atoms with Crippen molar-refractivity contribution in [2.45, 2.75) is 32.9 Å². The van der Waals surface area contributed by atoms with Gasteiger partial charge in [-0.25, -0.2) is 13.4 Å². The average molecular weight is 361 g/mol. The first-order chi connectivity index (χ1) is 12.0. The molecule has 1 saturated heterocycles. The van der Waals surface area contributed by atoms with Crippen molar-refractivity contribution >= 4 is 21.6 Å². The van der Waals surface area contributed by atoms with Crippen molar-refractivity contribution in [3.05, 3.63) is 41.9 Å². The Morgan fingerprint density at radius 1 is 1.32 bits per heavy atom. The van der Waals surface area contributed by atoms with E-state index >= 15 is 0 Å². The molecule has 1 N–H and O–H groups in total. The molecule has 0 radical (unpaired) electrons. The van der Waals surface area contributed by atoms with Crippen molar-refractivity contribution in [1.29, 1.82) is 0 Å². The highest BCUT2D eigenvalue weighted by atomic mass is 32.2. The van der Waals surface area contributed by atoms with E-state index in [4.69, 9.17) is 0 Å². The number of aromatic nitrogens is 3.